The van der Waals surface area contributed by atoms with Gasteiger partial charge in [0.05, 0.1) is 11.1 Å². The average molecular weight is 223 g/mol. The van der Waals surface area contributed by atoms with Crippen LogP contribution in [0.15, 0.2) is 10.9 Å². The molecule has 1 aromatic heterocycles. The number of hydrogen-bond donors (Lipinski definition) is 2. The molecule has 2 N–H and O–H groups in total. The summed E-state index contributed by atoms with van der Waals surface area (Å²) in [6, 6.07) is 0.876. The van der Waals surface area contributed by atoms with Crippen molar-refractivity contribution in [2.24, 2.45) is 0 Å². The third-order valence-corrected chi connectivity index (χ3v) is 2.66. The lowest BCUT2D eigenvalue weighted by molar-refractivity contribution is 0.0649. The Morgan fingerprint density at radius 2 is 1.94 bits per heavy atom. The number of rotatable bonds is 2. The standard InChI is InChI=1S/C10H9NO5/c12-7-4-5(9(13)14)8(10(15)16)6-2-1-3-11(6)7/h4H,1-3H2,(H,13,14)(H,15,16). The van der Waals surface area contributed by atoms with Crippen LogP contribution in [-0.2, 0) is 13.0 Å². The van der Waals surface area contributed by atoms with Crippen molar-refractivity contribution in [1.29, 1.82) is 0 Å². The maximum Gasteiger partial charge on any atom is 0.338 e. The molecule has 0 bridgehead atoms. The normalized spacial score (nSPS) is 13.5. The Balaban J connectivity index is 2.82. The number of carboxylic acid groups (broad SMARTS) is 2. The quantitative estimate of drug-likeness (QED) is 0.746. The lowest BCUT2D eigenvalue weighted by Gasteiger charge is -2.08. The number of nitrogens with zero attached hydrogens (tertiary/aromatic N) is 1. The second kappa shape index (κ2) is 3.48. The van der Waals surface area contributed by atoms with E-state index in [1.807, 2.05) is 0 Å². The molecule has 1 aromatic rings. The lowest BCUT2D eigenvalue weighted by atomic mass is 10.1. The summed E-state index contributed by atoms with van der Waals surface area (Å²) in [7, 11) is 0. The van der Waals surface area contributed by atoms with Gasteiger partial charge >= 0.3 is 11.9 Å². The van der Waals surface area contributed by atoms with Crippen molar-refractivity contribution in [2.75, 3.05) is 0 Å². The van der Waals surface area contributed by atoms with Crippen molar-refractivity contribution in [1.82, 2.24) is 4.57 Å². The summed E-state index contributed by atoms with van der Waals surface area (Å²) < 4.78 is 1.33. The van der Waals surface area contributed by atoms with Gasteiger partial charge in [-0.15, -0.1) is 0 Å². The summed E-state index contributed by atoms with van der Waals surface area (Å²) in [6.45, 7) is 0.453. The van der Waals surface area contributed by atoms with E-state index in [0.717, 1.165) is 6.07 Å². The van der Waals surface area contributed by atoms with E-state index in [2.05, 4.69) is 0 Å². The zero-order chi connectivity index (χ0) is 11.9. The third-order valence-electron chi connectivity index (χ3n) is 2.66. The SMILES string of the molecule is O=C(O)c1cc(=O)n2c(c1C(=O)O)CCC2. The van der Waals surface area contributed by atoms with Crippen LogP contribution in [0.25, 0.3) is 0 Å². The molecule has 0 aliphatic carbocycles. The molecule has 0 aromatic carbocycles. The van der Waals surface area contributed by atoms with Gasteiger partial charge in [0, 0.05) is 18.3 Å². The number of pyridine rings is 1. The number of aromatic carboxylic acids is 2. The van der Waals surface area contributed by atoms with E-state index < -0.39 is 23.1 Å². The predicted octanol–water partition coefficient (Wildman–Crippen LogP) is 0.191. The minimum Gasteiger partial charge on any atom is -0.478 e. The number of carbonyl (C=O) groups is 2. The van der Waals surface area contributed by atoms with E-state index >= 15 is 0 Å². The van der Waals surface area contributed by atoms with Crippen LogP contribution < -0.4 is 5.56 Å². The van der Waals surface area contributed by atoms with Gasteiger partial charge in [0.15, 0.2) is 0 Å². The molecule has 2 rings (SSSR count). The second-order valence-electron chi connectivity index (χ2n) is 3.58. The van der Waals surface area contributed by atoms with Crippen LogP contribution in [0, 0.1) is 0 Å². The van der Waals surface area contributed by atoms with Gasteiger partial charge in [0.2, 0.25) is 0 Å². The van der Waals surface area contributed by atoms with Gasteiger partial charge in [0.1, 0.15) is 0 Å². The molecule has 16 heavy (non-hydrogen) atoms. The van der Waals surface area contributed by atoms with Crippen molar-refractivity contribution >= 4 is 11.9 Å². The molecule has 84 valence electrons. The van der Waals surface area contributed by atoms with Crippen LogP contribution in [0.2, 0.25) is 0 Å². The summed E-state index contributed by atoms with van der Waals surface area (Å²) in [6.07, 6.45) is 1.09. The van der Waals surface area contributed by atoms with Crippen LogP contribution >= 0.6 is 0 Å². The topological polar surface area (TPSA) is 96.6 Å². The minimum absolute atomic E-state index is 0.260. The van der Waals surface area contributed by atoms with Gasteiger partial charge in [-0.05, 0) is 12.8 Å². The fourth-order valence-electron chi connectivity index (χ4n) is 2.01. The fourth-order valence-corrected chi connectivity index (χ4v) is 2.01. The maximum absolute atomic E-state index is 11.5. The van der Waals surface area contributed by atoms with Gasteiger partial charge in [-0.2, -0.15) is 0 Å². The molecular weight excluding hydrogens is 214 g/mol. The van der Waals surface area contributed by atoms with E-state index in [1.165, 1.54) is 4.57 Å². The van der Waals surface area contributed by atoms with Crippen LogP contribution in [0.4, 0.5) is 0 Å². The third kappa shape index (κ3) is 1.39. The number of fused-ring (bicyclic) bond motifs is 1. The predicted molar refractivity (Wildman–Crippen MR) is 52.9 cm³/mol. The molecule has 2 heterocycles. The zero-order valence-corrected chi connectivity index (χ0v) is 8.27. The fraction of sp³-hybridized carbons (Fsp3) is 0.300. The smallest absolute Gasteiger partial charge is 0.338 e. The van der Waals surface area contributed by atoms with E-state index in [9.17, 15) is 14.4 Å². The number of carboxylic acids is 2. The van der Waals surface area contributed by atoms with Crippen LogP contribution in [0.3, 0.4) is 0 Å². The van der Waals surface area contributed by atoms with Gasteiger partial charge in [0.25, 0.3) is 5.56 Å². The average Bonchev–Trinajstić information content (AvgIpc) is 2.65. The van der Waals surface area contributed by atoms with Gasteiger partial charge in [-0.3, -0.25) is 4.79 Å². The molecule has 6 heteroatoms. The van der Waals surface area contributed by atoms with Gasteiger partial charge < -0.3 is 14.8 Å². The van der Waals surface area contributed by atoms with E-state index in [1.54, 1.807) is 0 Å². The van der Waals surface area contributed by atoms with E-state index in [4.69, 9.17) is 10.2 Å². The molecule has 0 spiro atoms. The van der Waals surface area contributed by atoms with Crippen molar-refractivity contribution in [3.05, 3.63) is 33.2 Å². The van der Waals surface area contributed by atoms with Crippen LogP contribution in [0.5, 0.6) is 0 Å². The Kier molecular flexibility index (Phi) is 2.26. The summed E-state index contributed by atoms with van der Waals surface area (Å²) in [4.78, 5) is 33.4. The van der Waals surface area contributed by atoms with Crippen LogP contribution in [-0.4, -0.2) is 26.7 Å². The summed E-state index contributed by atoms with van der Waals surface area (Å²) in [5, 5.41) is 17.8. The molecule has 0 saturated heterocycles. The Morgan fingerprint density at radius 3 is 2.50 bits per heavy atom. The molecule has 1 aliphatic heterocycles. The van der Waals surface area contributed by atoms with Gasteiger partial charge in [-0.1, -0.05) is 0 Å². The zero-order valence-electron chi connectivity index (χ0n) is 8.27. The highest BCUT2D eigenvalue weighted by Gasteiger charge is 2.26. The highest BCUT2D eigenvalue weighted by Crippen LogP contribution is 2.20. The Morgan fingerprint density at radius 1 is 1.25 bits per heavy atom. The molecule has 1 aliphatic rings. The molecule has 0 radical (unpaired) electrons. The summed E-state index contributed by atoms with van der Waals surface area (Å²) in [5.41, 5.74) is -0.817. The lowest BCUT2D eigenvalue weighted by Crippen LogP contribution is -2.25. The highest BCUT2D eigenvalue weighted by molar-refractivity contribution is 6.02. The maximum atomic E-state index is 11.5. The summed E-state index contributed by atoms with van der Waals surface area (Å²) in [5.74, 6) is -2.69. The van der Waals surface area contributed by atoms with Crippen molar-refractivity contribution in [3.63, 3.8) is 0 Å². The molecule has 0 atom stereocenters. The van der Waals surface area contributed by atoms with Crippen molar-refractivity contribution in [2.45, 2.75) is 19.4 Å². The van der Waals surface area contributed by atoms with Crippen LogP contribution in [0.1, 0.15) is 32.8 Å². The second-order valence-corrected chi connectivity index (χ2v) is 3.58. The largest absolute Gasteiger partial charge is 0.478 e. The Labute approximate surface area is 89.8 Å². The molecule has 0 amide bonds. The Bertz CT molecular complexity index is 543. The van der Waals surface area contributed by atoms with E-state index in [-0.39, 0.29) is 5.56 Å². The highest BCUT2D eigenvalue weighted by atomic mass is 16.4. The molecular formula is C10H9NO5. The molecule has 6 nitrogen and oxygen atoms in total. The van der Waals surface area contributed by atoms with Crippen molar-refractivity contribution < 1.29 is 19.8 Å². The molecule has 0 saturated carbocycles. The van der Waals surface area contributed by atoms with Gasteiger partial charge in [-0.25, -0.2) is 9.59 Å². The summed E-state index contributed by atoms with van der Waals surface area (Å²) >= 11 is 0. The number of hydrogen-bond acceptors (Lipinski definition) is 3. The van der Waals surface area contributed by atoms with E-state index in [0.29, 0.717) is 25.1 Å². The minimum atomic E-state index is -1.38. The number of aromatic nitrogens is 1. The first-order valence-corrected chi connectivity index (χ1v) is 4.75. The molecule has 0 unspecified atom stereocenters. The monoisotopic (exact) mass is 223 g/mol. The van der Waals surface area contributed by atoms with Crippen molar-refractivity contribution in [3.8, 4) is 0 Å². The Hall–Kier alpha value is -2.11. The first-order chi connectivity index (χ1) is 7.52. The first-order valence-electron chi connectivity index (χ1n) is 4.75. The first kappa shape index (κ1) is 10.4. The molecule has 0 fully saturated rings.